The van der Waals surface area contributed by atoms with Crippen molar-refractivity contribution in [3.8, 4) is 0 Å². The minimum absolute atomic E-state index is 0.0106. The van der Waals surface area contributed by atoms with Crippen LogP contribution in [0.4, 0.5) is 0 Å². The van der Waals surface area contributed by atoms with E-state index >= 15 is 0 Å². The highest BCUT2D eigenvalue weighted by Gasteiger charge is 2.49. The molecule has 0 spiro atoms. The van der Waals surface area contributed by atoms with Crippen molar-refractivity contribution >= 4 is 5.91 Å². The van der Waals surface area contributed by atoms with Gasteiger partial charge in [0.05, 0.1) is 12.0 Å². The van der Waals surface area contributed by atoms with Gasteiger partial charge in [-0.25, -0.2) is 0 Å². The Morgan fingerprint density at radius 3 is 2.42 bits per heavy atom. The van der Waals surface area contributed by atoms with Gasteiger partial charge in [-0.05, 0) is 62.3 Å². The van der Waals surface area contributed by atoms with Crippen LogP contribution in [0.15, 0.2) is 12.1 Å². The molecule has 0 atom stereocenters. The van der Waals surface area contributed by atoms with E-state index < -0.39 is 5.41 Å². The molecule has 1 amide bonds. The Hall–Kier alpha value is -1.35. The second-order valence-electron chi connectivity index (χ2n) is 5.81. The number of carbonyl (C=O) groups is 1. The lowest BCUT2D eigenvalue weighted by atomic mass is 9.98. The van der Waals surface area contributed by atoms with Gasteiger partial charge in [-0.15, -0.1) is 0 Å². The maximum Gasteiger partial charge on any atom is 0.228 e. The van der Waals surface area contributed by atoms with E-state index in [0.29, 0.717) is 6.54 Å². The molecular formula is C16H23NO2. The molecule has 1 fully saturated rings. The Kier molecular flexibility index (Phi) is 3.95. The number of nitrogens with one attached hydrogen (secondary N) is 1. The minimum atomic E-state index is -0.460. The van der Waals surface area contributed by atoms with Crippen molar-refractivity contribution in [1.29, 1.82) is 0 Å². The van der Waals surface area contributed by atoms with Gasteiger partial charge in [-0.3, -0.25) is 4.79 Å². The zero-order valence-electron chi connectivity index (χ0n) is 12.0. The zero-order chi connectivity index (χ0) is 14.0. The summed E-state index contributed by atoms with van der Waals surface area (Å²) in [4.78, 5) is 11.9. The Labute approximate surface area is 115 Å². The van der Waals surface area contributed by atoms with Gasteiger partial charge in [0.25, 0.3) is 0 Å². The van der Waals surface area contributed by atoms with Crippen molar-refractivity contribution < 1.29 is 9.90 Å². The third kappa shape index (κ3) is 2.98. The van der Waals surface area contributed by atoms with Crippen LogP contribution in [0.5, 0.6) is 0 Å². The normalized spacial score (nSPS) is 16.2. The highest BCUT2D eigenvalue weighted by atomic mass is 16.3. The number of aliphatic hydroxyl groups is 1. The molecule has 0 aromatic heterocycles. The predicted octanol–water partition coefficient (Wildman–Crippen LogP) is 2.04. The molecule has 3 nitrogen and oxygen atoms in total. The molecule has 1 aliphatic carbocycles. The molecule has 2 N–H and O–H groups in total. The highest BCUT2D eigenvalue weighted by molar-refractivity contribution is 5.85. The molecule has 0 aliphatic heterocycles. The highest BCUT2D eigenvalue weighted by Crippen LogP contribution is 2.45. The fourth-order valence-corrected chi connectivity index (χ4v) is 2.40. The summed E-state index contributed by atoms with van der Waals surface area (Å²) in [6.45, 7) is 6.96. The number of hydrogen-bond donors (Lipinski definition) is 2. The quantitative estimate of drug-likeness (QED) is 0.852. The molecule has 1 aliphatic rings. The number of benzene rings is 1. The van der Waals surface area contributed by atoms with Crippen molar-refractivity contribution in [1.82, 2.24) is 5.32 Å². The van der Waals surface area contributed by atoms with Gasteiger partial charge < -0.3 is 10.4 Å². The largest absolute Gasteiger partial charge is 0.395 e. The topological polar surface area (TPSA) is 49.3 Å². The van der Waals surface area contributed by atoms with E-state index in [1.807, 2.05) is 0 Å². The summed E-state index contributed by atoms with van der Waals surface area (Å²) in [6.07, 6.45) is 2.48. The first-order chi connectivity index (χ1) is 8.98. The molecule has 1 aromatic rings. The van der Waals surface area contributed by atoms with E-state index in [9.17, 15) is 9.90 Å². The molecule has 0 bridgehead atoms. The van der Waals surface area contributed by atoms with Crippen molar-refractivity contribution in [2.75, 3.05) is 13.2 Å². The summed E-state index contributed by atoms with van der Waals surface area (Å²) >= 11 is 0. The molecule has 3 heteroatoms. The van der Waals surface area contributed by atoms with Crippen LogP contribution in [-0.4, -0.2) is 24.2 Å². The van der Waals surface area contributed by atoms with Crippen LogP contribution < -0.4 is 5.32 Å². The van der Waals surface area contributed by atoms with Crippen LogP contribution in [0.25, 0.3) is 0 Å². The molecule has 2 rings (SSSR count). The number of amides is 1. The van der Waals surface area contributed by atoms with Gasteiger partial charge >= 0.3 is 0 Å². The van der Waals surface area contributed by atoms with Gasteiger partial charge in [-0.1, -0.05) is 12.1 Å². The molecule has 104 valence electrons. The number of aryl methyl sites for hydroxylation is 3. The lowest BCUT2D eigenvalue weighted by Crippen LogP contribution is -2.35. The molecule has 1 aromatic carbocycles. The Bertz CT molecular complexity index is 490. The van der Waals surface area contributed by atoms with Crippen LogP contribution in [0.2, 0.25) is 0 Å². The van der Waals surface area contributed by atoms with Gasteiger partial charge in [0.15, 0.2) is 0 Å². The van der Waals surface area contributed by atoms with E-state index in [-0.39, 0.29) is 12.5 Å². The zero-order valence-corrected chi connectivity index (χ0v) is 12.0. The van der Waals surface area contributed by atoms with Crippen molar-refractivity contribution in [2.24, 2.45) is 5.41 Å². The van der Waals surface area contributed by atoms with E-state index in [4.69, 9.17) is 0 Å². The lowest BCUT2D eigenvalue weighted by molar-refractivity contribution is -0.127. The number of aliphatic hydroxyl groups excluding tert-OH is 1. The number of hydrogen-bond acceptors (Lipinski definition) is 2. The average molecular weight is 261 g/mol. The first kappa shape index (κ1) is 14.1. The van der Waals surface area contributed by atoms with Crippen molar-refractivity contribution in [3.05, 3.63) is 34.4 Å². The van der Waals surface area contributed by atoms with Gasteiger partial charge in [0, 0.05) is 6.54 Å². The average Bonchev–Trinajstić information content (AvgIpc) is 3.16. The molecule has 0 radical (unpaired) electrons. The van der Waals surface area contributed by atoms with Gasteiger partial charge in [0.1, 0.15) is 0 Å². The van der Waals surface area contributed by atoms with E-state index in [2.05, 4.69) is 38.2 Å². The SMILES string of the molecule is Cc1cc(C)c(CCNC(=O)C2(CO)CC2)cc1C. The summed E-state index contributed by atoms with van der Waals surface area (Å²) in [5.74, 6) is 0.0106. The first-order valence-corrected chi connectivity index (χ1v) is 6.94. The maximum atomic E-state index is 11.9. The second kappa shape index (κ2) is 5.33. The fourth-order valence-electron chi connectivity index (χ4n) is 2.40. The third-order valence-corrected chi connectivity index (χ3v) is 4.27. The molecule has 0 saturated heterocycles. The van der Waals surface area contributed by atoms with Crippen LogP contribution in [0, 0.1) is 26.2 Å². The molecule has 0 heterocycles. The standard InChI is InChI=1S/C16H23NO2/c1-11-8-13(3)14(9-12(11)2)4-7-17-15(19)16(10-18)5-6-16/h8-9,18H,4-7,10H2,1-3H3,(H,17,19). The van der Waals surface area contributed by atoms with Crippen molar-refractivity contribution in [2.45, 2.75) is 40.0 Å². The summed E-state index contributed by atoms with van der Waals surface area (Å²) in [5, 5.41) is 12.1. The molecular weight excluding hydrogens is 238 g/mol. The first-order valence-electron chi connectivity index (χ1n) is 6.94. The van der Waals surface area contributed by atoms with Crippen LogP contribution in [0.1, 0.15) is 35.1 Å². The predicted molar refractivity (Wildman–Crippen MR) is 76.1 cm³/mol. The maximum absolute atomic E-state index is 11.9. The van der Waals surface area contributed by atoms with Gasteiger partial charge in [0.2, 0.25) is 5.91 Å². The summed E-state index contributed by atoms with van der Waals surface area (Å²) in [6, 6.07) is 4.40. The number of carbonyl (C=O) groups excluding carboxylic acids is 1. The minimum Gasteiger partial charge on any atom is -0.395 e. The second-order valence-corrected chi connectivity index (χ2v) is 5.81. The summed E-state index contributed by atoms with van der Waals surface area (Å²) < 4.78 is 0. The Morgan fingerprint density at radius 2 is 1.84 bits per heavy atom. The van der Waals surface area contributed by atoms with E-state index in [0.717, 1.165) is 19.3 Å². The van der Waals surface area contributed by atoms with Crippen molar-refractivity contribution in [3.63, 3.8) is 0 Å². The van der Waals surface area contributed by atoms with Gasteiger partial charge in [-0.2, -0.15) is 0 Å². The lowest BCUT2D eigenvalue weighted by Gasteiger charge is -2.14. The molecule has 1 saturated carbocycles. The number of rotatable bonds is 5. The third-order valence-electron chi connectivity index (χ3n) is 4.27. The molecule has 19 heavy (non-hydrogen) atoms. The van der Waals surface area contributed by atoms with Crippen LogP contribution in [0.3, 0.4) is 0 Å². The van der Waals surface area contributed by atoms with Crippen LogP contribution >= 0.6 is 0 Å². The smallest absolute Gasteiger partial charge is 0.228 e. The molecule has 0 unspecified atom stereocenters. The Balaban J connectivity index is 1.89. The summed E-state index contributed by atoms with van der Waals surface area (Å²) in [5.41, 5.74) is 4.71. The Morgan fingerprint density at radius 1 is 1.21 bits per heavy atom. The monoisotopic (exact) mass is 261 g/mol. The summed E-state index contributed by atoms with van der Waals surface area (Å²) in [7, 11) is 0. The van der Waals surface area contributed by atoms with Crippen LogP contribution in [-0.2, 0) is 11.2 Å². The fraction of sp³-hybridized carbons (Fsp3) is 0.562. The van der Waals surface area contributed by atoms with E-state index in [1.54, 1.807) is 0 Å². The van der Waals surface area contributed by atoms with E-state index in [1.165, 1.54) is 22.3 Å².